The quantitative estimate of drug-likeness (QED) is 0.531. The van der Waals surface area contributed by atoms with Crippen LogP contribution in [0.3, 0.4) is 0 Å². The topological polar surface area (TPSA) is 55.3 Å². The first-order valence-corrected chi connectivity index (χ1v) is 4.49. The van der Waals surface area contributed by atoms with E-state index in [4.69, 9.17) is 11.5 Å². The van der Waals surface area contributed by atoms with Crippen molar-refractivity contribution in [1.82, 2.24) is 4.90 Å². The largest absolute Gasteiger partial charge is 0.398 e. The van der Waals surface area contributed by atoms with Crippen molar-refractivity contribution in [2.45, 2.75) is 0 Å². The number of nitrogens with zero attached hydrogens (tertiary/aromatic N) is 1. The fraction of sp³-hybridized carbons (Fsp3) is 0.273. The van der Waals surface area contributed by atoms with Crippen LogP contribution in [0, 0.1) is 17.7 Å². The summed E-state index contributed by atoms with van der Waals surface area (Å²) in [5.41, 5.74) is 12.0. The van der Waals surface area contributed by atoms with Gasteiger partial charge in [0.15, 0.2) is 0 Å². The molecule has 0 bridgehead atoms. The molecule has 0 unspecified atom stereocenters. The van der Waals surface area contributed by atoms with Gasteiger partial charge in [-0.25, -0.2) is 4.39 Å². The van der Waals surface area contributed by atoms with Crippen LogP contribution in [-0.4, -0.2) is 25.5 Å². The maximum absolute atomic E-state index is 12.9. The fourth-order valence-electron chi connectivity index (χ4n) is 1.01. The molecule has 0 atom stereocenters. The van der Waals surface area contributed by atoms with Crippen LogP contribution in [0.2, 0.25) is 0 Å². The van der Waals surface area contributed by atoms with E-state index in [0.717, 1.165) is 0 Å². The van der Waals surface area contributed by atoms with Crippen LogP contribution in [0.1, 0.15) is 5.56 Å². The van der Waals surface area contributed by atoms with Crippen LogP contribution in [0.25, 0.3) is 0 Å². The monoisotopic (exact) mass is 207 g/mol. The van der Waals surface area contributed by atoms with Gasteiger partial charge < -0.3 is 11.5 Å². The maximum atomic E-state index is 12.9. The first-order chi connectivity index (χ1) is 7.00. The number of anilines is 2. The summed E-state index contributed by atoms with van der Waals surface area (Å²) in [5, 5.41) is 0. The highest BCUT2D eigenvalue weighted by atomic mass is 19.1. The Morgan fingerprint density at radius 2 is 1.93 bits per heavy atom. The third-order valence-corrected chi connectivity index (χ3v) is 1.79. The Bertz CT molecular complexity index is 416. The van der Waals surface area contributed by atoms with Crippen molar-refractivity contribution in [1.29, 1.82) is 0 Å². The third-order valence-electron chi connectivity index (χ3n) is 1.79. The predicted octanol–water partition coefficient (Wildman–Crippen LogP) is 0.903. The summed E-state index contributed by atoms with van der Waals surface area (Å²) in [6.45, 7) is 0.622. The lowest BCUT2D eigenvalue weighted by Gasteiger charge is -2.03. The molecule has 0 fully saturated rings. The molecule has 0 amide bonds. The normalized spacial score (nSPS) is 9.87. The summed E-state index contributed by atoms with van der Waals surface area (Å²) < 4.78 is 12.9. The first kappa shape index (κ1) is 11.3. The molecule has 1 rings (SSSR count). The molecular weight excluding hydrogens is 193 g/mol. The number of hydrogen-bond donors (Lipinski definition) is 2. The zero-order chi connectivity index (χ0) is 11.4. The Balaban J connectivity index is 2.94. The summed E-state index contributed by atoms with van der Waals surface area (Å²) in [7, 11) is 3.83. The van der Waals surface area contributed by atoms with Crippen molar-refractivity contribution in [2.24, 2.45) is 0 Å². The number of rotatable bonds is 1. The van der Waals surface area contributed by atoms with E-state index >= 15 is 0 Å². The molecule has 0 spiro atoms. The standard InChI is InChI=1S/C11H14FN3/c1-15(2)5-3-4-8-6-11(14)9(12)7-10(8)13/h6-7H,5,13-14H2,1-2H3. The molecule has 80 valence electrons. The molecule has 0 aliphatic carbocycles. The lowest BCUT2D eigenvalue weighted by atomic mass is 10.1. The van der Waals surface area contributed by atoms with Gasteiger partial charge in [-0.3, -0.25) is 4.90 Å². The SMILES string of the molecule is CN(C)CC#Cc1cc(N)c(F)cc1N. The van der Waals surface area contributed by atoms with Gasteiger partial charge >= 0.3 is 0 Å². The summed E-state index contributed by atoms with van der Waals surface area (Å²) >= 11 is 0. The number of nitrogens with two attached hydrogens (primary N) is 2. The molecule has 1 aromatic rings. The molecular formula is C11H14FN3. The number of benzene rings is 1. The molecule has 3 nitrogen and oxygen atoms in total. The van der Waals surface area contributed by atoms with E-state index in [1.807, 2.05) is 19.0 Å². The minimum atomic E-state index is -0.509. The Hall–Kier alpha value is -1.73. The number of nitrogen functional groups attached to an aromatic ring is 2. The lowest BCUT2D eigenvalue weighted by molar-refractivity contribution is 0.464. The minimum absolute atomic E-state index is 0.0679. The van der Waals surface area contributed by atoms with E-state index in [2.05, 4.69) is 11.8 Å². The Kier molecular flexibility index (Phi) is 3.53. The smallest absolute Gasteiger partial charge is 0.148 e. The molecule has 0 saturated heterocycles. The molecule has 15 heavy (non-hydrogen) atoms. The predicted molar refractivity (Wildman–Crippen MR) is 60.7 cm³/mol. The first-order valence-electron chi connectivity index (χ1n) is 4.49. The highest BCUT2D eigenvalue weighted by molar-refractivity contribution is 5.62. The van der Waals surface area contributed by atoms with E-state index < -0.39 is 5.82 Å². The van der Waals surface area contributed by atoms with Crippen molar-refractivity contribution in [3.63, 3.8) is 0 Å². The van der Waals surface area contributed by atoms with Gasteiger partial charge in [0, 0.05) is 11.6 Å². The second-order valence-electron chi connectivity index (χ2n) is 3.50. The van der Waals surface area contributed by atoms with Gasteiger partial charge in [-0.05, 0) is 20.2 Å². The average molecular weight is 207 g/mol. The molecule has 4 N–H and O–H groups in total. The molecule has 4 heteroatoms. The van der Waals surface area contributed by atoms with Crippen molar-refractivity contribution in [2.75, 3.05) is 32.1 Å². The van der Waals surface area contributed by atoms with Gasteiger partial charge in [0.2, 0.25) is 0 Å². The van der Waals surface area contributed by atoms with Crippen molar-refractivity contribution >= 4 is 11.4 Å². The highest BCUT2D eigenvalue weighted by Gasteiger charge is 2.02. The van der Waals surface area contributed by atoms with E-state index in [9.17, 15) is 4.39 Å². The summed E-state index contributed by atoms with van der Waals surface area (Å²) in [5.74, 6) is 5.25. The van der Waals surface area contributed by atoms with Crippen molar-refractivity contribution in [3.05, 3.63) is 23.5 Å². The number of hydrogen-bond acceptors (Lipinski definition) is 3. The summed E-state index contributed by atoms with van der Waals surface area (Å²) in [6, 6.07) is 2.64. The Morgan fingerprint density at radius 3 is 2.53 bits per heavy atom. The van der Waals surface area contributed by atoms with Crippen LogP contribution in [0.4, 0.5) is 15.8 Å². The van der Waals surface area contributed by atoms with Crippen LogP contribution in [0.5, 0.6) is 0 Å². The average Bonchev–Trinajstić information content (AvgIpc) is 2.13. The molecule has 0 heterocycles. The van der Waals surface area contributed by atoms with E-state index in [-0.39, 0.29) is 5.69 Å². The molecule has 0 radical (unpaired) electrons. The Morgan fingerprint density at radius 1 is 1.27 bits per heavy atom. The van der Waals surface area contributed by atoms with Crippen LogP contribution in [-0.2, 0) is 0 Å². The molecule has 1 aromatic carbocycles. The van der Waals surface area contributed by atoms with Crippen LogP contribution in [0.15, 0.2) is 12.1 Å². The van der Waals surface area contributed by atoms with Gasteiger partial charge in [0.05, 0.1) is 17.9 Å². The summed E-state index contributed by atoms with van der Waals surface area (Å²) in [6.07, 6.45) is 0. The third kappa shape index (κ3) is 3.15. The van der Waals surface area contributed by atoms with Gasteiger partial charge in [0.25, 0.3) is 0 Å². The lowest BCUT2D eigenvalue weighted by Crippen LogP contribution is -2.10. The second kappa shape index (κ2) is 4.67. The summed E-state index contributed by atoms with van der Waals surface area (Å²) in [4.78, 5) is 1.93. The second-order valence-corrected chi connectivity index (χ2v) is 3.50. The minimum Gasteiger partial charge on any atom is -0.398 e. The van der Waals surface area contributed by atoms with Crippen molar-refractivity contribution < 1.29 is 4.39 Å². The fourth-order valence-corrected chi connectivity index (χ4v) is 1.01. The van der Waals surface area contributed by atoms with E-state index in [1.54, 1.807) is 0 Å². The van der Waals surface area contributed by atoms with E-state index in [0.29, 0.717) is 17.8 Å². The zero-order valence-electron chi connectivity index (χ0n) is 8.84. The maximum Gasteiger partial charge on any atom is 0.148 e. The van der Waals surface area contributed by atoms with Crippen LogP contribution >= 0.6 is 0 Å². The molecule has 0 aliphatic rings. The van der Waals surface area contributed by atoms with Gasteiger partial charge in [-0.1, -0.05) is 11.8 Å². The van der Waals surface area contributed by atoms with Gasteiger partial charge in [-0.2, -0.15) is 0 Å². The van der Waals surface area contributed by atoms with E-state index in [1.165, 1.54) is 12.1 Å². The highest BCUT2D eigenvalue weighted by Crippen LogP contribution is 2.18. The van der Waals surface area contributed by atoms with Gasteiger partial charge in [-0.15, -0.1) is 0 Å². The molecule has 0 aliphatic heterocycles. The van der Waals surface area contributed by atoms with Gasteiger partial charge in [0.1, 0.15) is 5.82 Å². The number of halogens is 1. The van der Waals surface area contributed by atoms with Crippen LogP contribution < -0.4 is 11.5 Å². The molecule has 0 aromatic heterocycles. The Labute approximate surface area is 88.9 Å². The molecule has 0 saturated carbocycles. The van der Waals surface area contributed by atoms with Crippen molar-refractivity contribution in [3.8, 4) is 11.8 Å². The zero-order valence-corrected chi connectivity index (χ0v) is 8.84.